The van der Waals surface area contributed by atoms with Crippen molar-refractivity contribution in [1.82, 2.24) is 0 Å². The summed E-state index contributed by atoms with van der Waals surface area (Å²) in [5.41, 5.74) is -9.90. The van der Waals surface area contributed by atoms with Gasteiger partial charge in [-0.1, -0.05) is 26.3 Å². The molecule has 0 aromatic heterocycles. The van der Waals surface area contributed by atoms with Crippen molar-refractivity contribution in [3.63, 3.8) is 0 Å². The van der Waals surface area contributed by atoms with Gasteiger partial charge in [0.25, 0.3) is 5.60 Å². The topological polar surface area (TPSA) is 57.5 Å². The van der Waals surface area contributed by atoms with Gasteiger partial charge in [0.05, 0.1) is 5.60 Å². The first-order valence-electron chi connectivity index (χ1n) is 14.1. The molecule has 9 heteroatoms. The summed E-state index contributed by atoms with van der Waals surface area (Å²) in [7, 11) is 0. The molecule has 0 radical (unpaired) electrons. The van der Waals surface area contributed by atoms with Crippen LogP contribution in [-0.2, 0) is 4.79 Å². The lowest BCUT2D eigenvalue weighted by Crippen LogP contribution is -2.55. The van der Waals surface area contributed by atoms with E-state index in [0.29, 0.717) is 38.2 Å². The molecule has 0 spiro atoms. The highest BCUT2D eigenvalue weighted by atomic mass is 19.4. The van der Waals surface area contributed by atoms with E-state index >= 15 is 0 Å². The smallest absolute Gasteiger partial charge is 0.390 e. The van der Waals surface area contributed by atoms with Crippen molar-refractivity contribution in [2.45, 2.75) is 109 Å². The van der Waals surface area contributed by atoms with Gasteiger partial charge in [-0.05, 0) is 81.5 Å². The highest BCUT2D eigenvalue weighted by Crippen LogP contribution is 2.61. The molecule has 2 aliphatic carbocycles. The molecule has 0 heterocycles. The Bertz CT molecular complexity index is 901. The first-order valence-corrected chi connectivity index (χ1v) is 11.1. The molecular weight excluding hydrogens is 450 g/mol. The highest BCUT2D eigenvalue weighted by Gasteiger charge is 2.69. The number of carbonyl (C=O) groups excluding carboxylic acids is 1. The molecule has 33 heavy (non-hydrogen) atoms. The molecule has 4 atom stereocenters. The molecule has 2 rings (SSSR count). The lowest BCUT2D eigenvalue weighted by Gasteiger charge is -2.48. The predicted octanol–water partition coefficient (Wildman–Crippen LogP) is 6.52. The number of alkyl halides is 6. The van der Waals surface area contributed by atoms with Crippen molar-refractivity contribution in [1.29, 1.82) is 0 Å². The quantitative estimate of drug-likeness (QED) is 0.300. The summed E-state index contributed by atoms with van der Waals surface area (Å²) in [6.45, 7) is -3.12. The van der Waals surface area contributed by atoms with Crippen molar-refractivity contribution in [2.24, 2.45) is 22.7 Å². The fourth-order valence-corrected chi connectivity index (χ4v) is 6.09. The summed E-state index contributed by atoms with van der Waals surface area (Å²) >= 11 is 0. The van der Waals surface area contributed by atoms with Gasteiger partial charge in [-0.25, -0.2) is 0 Å². The van der Waals surface area contributed by atoms with Crippen LogP contribution < -0.4 is 0 Å². The van der Waals surface area contributed by atoms with E-state index in [2.05, 4.69) is 0 Å². The summed E-state index contributed by atoms with van der Waals surface area (Å²) in [5.74, 6) is -0.697. The maximum atomic E-state index is 13.2. The Hall–Kier alpha value is -1.09. The number of hydrogen-bond acceptors (Lipinski definition) is 3. The largest absolute Gasteiger partial charge is 0.429 e. The SMILES string of the molecule is [2H]C([2H])([2H])C(O)(CCC[C@](C)(C/C=C\C(O)(C(F)(F)F)C(F)(F)F)[C@H]1CCC2C(=O)CCC[C@@]21C)C([2H])([2H])[2H]. The molecule has 1 unspecified atom stereocenters. The third-order valence-corrected chi connectivity index (χ3v) is 7.80. The van der Waals surface area contributed by atoms with E-state index in [1.807, 2.05) is 6.92 Å². The molecule has 0 saturated heterocycles. The van der Waals surface area contributed by atoms with Gasteiger partial charge in [0, 0.05) is 20.6 Å². The van der Waals surface area contributed by atoms with Crippen molar-refractivity contribution in [2.75, 3.05) is 0 Å². The van der Waals surface area contributed by atoms with Crippen LogP contribution in [0.2, 0.25) is 0 Å². The van der Waals surface area contributed by atoms with E-state index in [1.165, 1.54) is 0 Å². The Balaban J connectivity index is 2.45. The third kappa shape index (κ3) is 5.77. The Morgan fingerprint density at radius 1 is 1.09 bits per heavy atom. The number of Topliss-reactive ketones (excluding diaryl/α,β-unsaturated/α-hetero) is 1. The minimum atomic E-state index is -6.05. The normalized spacial score (nSPS) is 32.8. The summed E-state index contributed by atoms with van der Waals surface area (Å²) in [6.07, 6.45) is -10.8. The number of fused-ring (bicyclic) bond motifs is 1. The molecule has 192 valence electrons. The van der Waals surface area contributed by atoms with Crippen LogP contribution in [0.3, 0.4) is 0 Å². The van der Waals surface area contributed by atoms with Crippen molar-refractivity contribution >= 4 is 5.78 Å². The van der Waals surface area contributed by atoms with Crippen LogP contribution in [-0.4, -0.2) is 39.6 Å². The second-order valence-electron chi connectivity index (χ2n) is 10.2. The first kappa shape index (κ1) is 20.1. The van der Waals surface area contributed by atoms with Crippen LogP contribution in [0, 0.1) is 22.7 Å². The minimum Gasteiger partial charge on any atom is -0.390 e. The van der Waals surface area contributed by atoms with Gasteiger partial charge in [0.1, 0.15) is 5.78 Å². The minimum absolute atomic E-state index is 0.0341. The molecule has 0 aliphatic heterocycles. The molecule has 2 N–H and O–H groups in total. The van der Waals surface area contributed by atoms with Gasteiger partial charge in [-0.3, -0.25) is 4.79 Å². The Morgan fingerprint density at radius 2 is 1.70 bits per heavy atom. The summed E-state index contributed by atoms with van der Waals surface area (Å²) in [5, 5.41) is 20.2. The summed E-state index contributed by atoms with van der Waals surface area (Å²) in [6, 6.07) is 0. The lowest BCUT2D eigenvalue weighted by atomic mass is 9.56. The predicted molar refractivity (Wildman–Crippen MR) is 112 cm³/mol. The van der Waals surface area contributed by atoms with Gasteiger partial charge in [0.2, 0.25) is 0 Å². The molecular formula is C24H36F6O3. The second-order valence-corrected chi connectivity index (χ2v) is 10.2. The summed E-state index contributed by atoms with van der Waals surface area (Å²) < 4.78 is 125. The van der Waals surface area contributed by atoms with Gasteiger partial charge in [-0.2, -0.15) is 26.3 Å². The van der Waals surface area contributed by atoms with Crippen molar-refractivity contribution in [3.05, 3.63) is 12.2 Å². The van der Waals surface area contributed by atoms with E-state index in [9.17, 15) is 41.4 Å². The second kappa shape index (κ2) is 9.17. The van der Waals surface area contributed by atoms with Crippen LogP contribution >= 0.6 is 0 Å². The molecule has 0 amide bonds. The number of carbonyl (C=O) groups is 1. The molecule has 0 aromatic rings. The fourth-order valence-electron chi connectivity index (χ4n) is 6.09. The van der Waals surface area contributed by atoms with E-state index in [-0.39, 0.29) is 36.5 Å². The van der Waals surface area contributed by atoms with Crippen molar-refractivity contribution in [3.8, 4) is 0 Å². The average Bonchev–Trinajstić information content (AvgIpc) is 3.09. The molecule has 2 fully saturated rings. The fraction of sp³-hybridized carbons (Fsp3) is 0.875. The maximum Gasteiger partial charge on any atom is 0.429 e. The maximum absolute atomic E-state index is 13.2. The van der Waals surface area contributed by atoms with Crippen LogP contribution in [0.5, 0.6) is 0 Å². The van der Waals surface area contributed by atoms with E-state index < -0.39 is 60.9 Å². The van der Waals surface area contributed by atoms with Gasteiger partial charge in [0.15, 0.2) is 0 Å². The molecule has 2 saturated carbocycles. The Morgan fingerprint density at radius 3 is 2.24 bits per heavy atom. The Kier molecular flexibility index (Phi) is 5.60. The third-order valence-electron chi connectivity index (χ3n) is 7.80. The zero-order valence-corrected chi connectivity index (χ0v) is 18.7. The zero-order chi connectivity index (χ0) is 30.5. The molecule has 3 nitrogen and oxygen atoms in total. The number of ketones is 1. The van der Waals surface area contributed by atoms with Crippen molar-refractivity contribution < 1.29 is 49.6 Å². The number of aliphatic hydroxyl groups is 2. The van der Waals surface area contributed by atoms with E-state index in [0.717, 1.165) is 0 Å². The van der Waals surface area contributed by atoms with Crippen LogP contribution in [0.15, 0.2) is 12.2 Å². The monoisotopic (exact) mass is 492 g/mol. The van der Waals surface area contributed by atoms with Crippen LogP contribution in [0.25, 0.3) is 0 Å². The number of rotatable bonds is 8. The standard InChI is InChI=1S/C24H36F6O3/c1-19(2,32)11-6-12-20(3,13-7-15-22(33,23(25,26)27)24(28,29)30)18-10-9-16-17(31)8-5-14-21(16,18)4/h7,15-16,18,32-33H,5-6,8-14H2,1-4H3/b15-7-/t16?,18-,20-,21+/m1/s1/i1D3,2D3. The average molecular weight is 493 g/mol. The van der Waals surface area contributed by atoms with E-state index in [1.54, 1.807) is 6.92 Å². The summed E-state index contributed by atoms with van der Waals surface area (Å²) in [4.78, 5) is 12.6. The molecule has 0 aromatic carbocycles. The van der Waals surface area contributed by atoms with Gasteiger partial charge < -0.3 is 10.2 Å². The van der Waals surface area contributed by atoms with Crippen LogP contribution in [0.1, 0.15) is 93.6 Å². The molecule has 2 aliphatic rings. The van der Waals surface area contributed by atoms with Crippen LogP contribution in [0.4, 0.5) is 26.3 Å². The van der Waals surface area contributed by atoms with E-state index in [4.69, 9.17) is 8.22 Å². The first-order chi connectivity index (χ1) is 17.3. The van der Waals surface area contributed by atoms with Gasteiger partial charge >= 0.3 is 12.4 Å². The molecule has 0 bridgehead atoms. The number of allylic oxidation sites excluding steroid dienone is 1. The van der Waals surface area contributed by atoms with Gasteiger partial charge in [-0.15, -0.1) is 0 Å². The lowest BCUT2D eigenvalue weighted by molar-refractivity contribution is -0.347. The number of hydrogen-bond donors (Lipinski definition) is 2. The zero-order valence-electron chi connectivity index (χ0n) is 24.7. The number of halogens is 6. The highest BCUT2D eigenvalue weighted by molar-refractivity contribution is 5.83. The Labute approximate surface area is 200 Å².